The van der Waals surface area contributed by atoms with Crippen LogP contribution in [0.25, 0.3) is 0 Å². The molecule has 0 aromatic rings. The van der Waals surface area contributed by atoms with Crippen molar-refractivity contribution in [3.05, 3.63) is 0 Å². The number of carbonyl (C=O) groups excluding carboxylic acids is 1. The third kappa shape index (κ3) is 9.21. The number of carbonyl (C=O) groups is 2. The number of carboxylic acids is 1. The zero-order chi connectivity index (χ0) is 11.7. The van der Waals surface area contributed by atoms with Crippen LogP contribution in [0.5, 0.6) is 0 Å². The summed E-state index contributed by atoms with van der Waals surface area (Å²) in [7, 11) is 0. The molecule has 0 unspecified atom stereocenters. The van der Waals surface area contributed by atoms with Crippen molar-refractivity contribution in [3.8, 4) is 0 Å². The summed E-state index contributed by atoms with van der Waals surface area (Å²) in [6.45, 7) is 6.38. The molecule has 0 aromatic carbocycles. The van der Waals surface area contributed by atoms with E-state index in [2.05, 4.69) is 10.2 Å². The van der Waals surface area contributed by atoms with Gasteiger partial charge in [0.05, 0.1) is 6.42 Å². The Kier molecular flexibility index (Phi) is 7.62. The van der Waals surface area contributed by atoms with Gasteiger partial charge in [-0.2, -0.15) is 0 Å². The van der Waals surface area contributed by atoms with Crippen LogP contribution in [-0.4, -0.2) is 48.1 Å². The average Bonchev–Trinajstić information content (AvgIpc) is 2.16. The Hall–Kier alpha value is -1.10. The molecule has 0 saturated heterocycles. The maximum absolute atomic E-state index is 10.6. The Morgan fingerprint density at radius 3 is 2.47 bits per heavy atom. The minimum absolute atomic E-state index is 0.0245. The molecule has 0 heterocycles. The first-order chi connectivity index (χ1) is 7.06. The second kappa shape index (κ2) is 8.23. The van der Waals surface area contributed by atoms with Gasteiger partial charge in [-0.1, -0.05) is 6.92 Å². The predicted molar refractivity (Wildman–Crippen MR) is 57.7 cm³/mol. The topological polar surface area (TPSA) is 69.6 Å². The number of rotatable bonds is 8. The number of hydrogen-bond donors (Lipinski definition) is 2. The van der Waals surface area contributed by atoms with Crippen molar-refractivity contribution in [1.82, 2.24) is 10.2 Å². The molecule has 0 aromatic heterocycles. The fourth-order valence-corrected chi connectivity index (χ4v) is 1.25. The highest BCUT2D eigenvalue weighted by Crippen LogP contribution is 1.93. The van der Waals surface area contributed by atoms with E-state index in [1.165, 1.54) is 6.92 Å². The van der Waals surface area contributed by atoms with Crippen LogP contribution in [0.4, 0.5) is 0 Å². The van der Waals surface area contributed by atoms with Crippen LogP contribution in [-0.2, 0) is 9.59 Å². The van der Waals surface area contributed by atoms with Crippen LogP contribution in [0.3, 0.4) is 0 Å². The summed E-state index contributed by atoms with van der Waals surface area (Å²) in [5.74, 6) is -0.793. The SMILES string of the molecule is CCN(CCCNC(C)=O)CCC(=O)O. The third-order valence-electron chi connectivity index (χ3n) is 2.11. The van der Waals surface area contributed by atoms with Gasteiger partial charge < -0.3 is 15.3 Å². The van der Waals surface area contributed by atoms with E-state index in [0.29, 0.717) is 13.1 Å². The highest BCUT2D eigenvalue weighted by molar-refractivity contribution is 5.72. The minimum atomic E-state index is -0.768. The fraction of sp³-hybridized carbons (Fsp3) is 0.800. The summed E-state index contributed by atoms with van der Waals surface area (Å²) in [6, 6.07) is 0. The number of nitrogens with one attached hydrogen (secondary N) is 1. The molecule has 0 fully saturated rings. The Balaban J connectivity index is 3.52. The molecule has 0 aliphatic rings. The Labute approximate surface area is 90.5 Å². The van der Waals surface area contributed by atoms with E-state index in [1.54, 1.807) is 0 Å². The number of carboxylic acid groups (broad SMARTS) is 1. The van der Waals surface area contributed by atoms with Crippen molar-refractivity contribution in [3.63, 3.8) is 0 Å². The molecule has 0 rings (SSSR count). The molecular formula is C10H20N2O3. The first kappa shape index (κ1) is 13.9. The van der Waals surface area contributed by atoms with Gasteiger partial charge in [-0.15, -0.1) is 0 Å². The van der Waals surface area contributed by atoms with Crippen LogP contribution < -0.4 is 5.32 Å². The Morgan fingerprint density at radius 1 is 1.33 bits per heavy atom. The zero-order valence-electron chi connectivity index (χ0n) is 9.45. The van der Waals surface area contributed by atoms with Crippen LogP contribution >= 0.6 is 0 Å². The highest BCUT2D eigenvalue weighted by atomic mass is 16.4. The molecule has 15 heavy (non-hydrogen) atoms. The maximum Gasteiger partial charge on any atom is 0.304 e. The molecule has 0 aliphatic heterocycles. The fourth-order valence-electron chi connectivity index (χ4n) is 1.25. The van der Waals surface area contributed by atoms with Crippen molar-refractivity contribution in [1.29, 1.82) is 0 Å². The summed E-state index contributed by atoms with van der Waals surface area (Å²) >= 11 is 0. The van der Waals surface area contributed by atoms with E-state index in [0.717, 1.165) is 19.5 Å². The van der Waals surface area contributed by atoms with Crippen molar-refractivity contribution in [2.45, 2.75) is 26.7 Å². The van der Waals surface area contributed by atoms with Crippen molar-refractivity contribution < 1.29 is 14.7 Å². The number of hydrogen-bond acceptors (Lipinski definition) is 3. The summed E-state index contributed by atoms with van der Waals surface area (Å²) in [6.07, 6.45) is 1.03. The smallest absolute Gasteiger partial charge is 0.304 e. The summed E-state index contributed by atoms with van der Waals surface area (Å²) < 4.78 is 0. The van der Waals surface area contributed by atoms with E-state index < -0.39 is 5.97 Å². The van der Waals surface area contributed by atoms with Gasteiger partial charge in [0.15, 0.2) is 0 Å². The molecule has 1 amide bonds. The monoisotopic (exact) mass is 216 g/mol. The predicted octanol–water partition coefficient (Wildman–Crippen LogP) is 0.309. The van der Waals surface area contributed by atoms with Gasteiger partial charge in [0.25, 0.3) is 0 Å². The van der Waals surface area contributed by atoms with Gasteiger partial charge in [-0.3, -0.25) is 9.59 Å². The Morgan fingerprint density at radius 2 is 2.00 bits per heavy atom. The van der Waals surface area contributed by atoms with Gasteiger partial charge in [0.2, 0.25) is 5.91 Å². The summed E-state index contributed by atoms with van der Waals surface area (Å²) in [5.41, 5.74) is 0. The van der Waals surface area contributed by atoms with Gasteiger partial charge in [0.1, 0.15) is 0 Å². The molecule has 0 bridgehead atoms. The summed E-state index contributed by atoms with van der Waals surface area (Å²) in [4.78, 5) is 23.0. The molecule has 2 N–H and O–H groups in total. The lowest BCUT2D eigenvalue weighted by atomic mass is 10.3. The lowest BCUT2D eigenvalue weighted by Crippen LogP contribution is -2.30. The van der Waals surface area contributed by atoms with Crippen molar-refractivity contribution >= 4 is 11.9 Å². The van der Waals surface area contributed by atoms with Crippen LogP contribution in [0.15, 0.2) is 0 Å². The molecule has 0 spiro atoms. The molecule has 0 radical (unpaired) electrons. The third-order valence-corrected chi connectivity index (χ3v) is 2.11. The standard InChI is InChI=1S/C10H20N2O3/c1-3-12(8-5-10(14)15)7-4-6-11-9(2)13/h3-8H2,1-2H3,(H,11,13)(H,14,15). The Bertz CT molecular complexity index is 207. The van der Waals surface area contributed by atoms with Crippen LogP contribution in [0.2, 0.25) is 0 Å². The molecule has 88 valence electrons. The second-order valence-electron chi connectivity index (χ2n) is 3.41. The average molecular weight is 216 g/mol. The van der Waals surface area contributed by atoms with E-state index >= 15 is 0 Å². The molecule has 0 atom stereocenters. The first-order valence-corrected chi connectivity index (χ1v) is 5.24. The highest BCUT2D eigenvalue weighted by Gasteiger charge is 2.04. The largest absolute Gasteiger partial charge is 0.481 e. The van der Waals surface area contributed by atoms with Crippen LogP contribution in [0.1, 0.15) is 26.7 Å². The maximum atomic E-state index is 10.6. The first-order valence-electron chi connectivity index (χ1n) is 5.24. The molecule has 5 heteroatoms. The van der Waals surface area contributed by atoms with Gasteiger partial charge in [0, 0.05) is 20.0 Å². The lowest BCUT2D eigenvalue weighted by molar-refractivity contribution is -0.137. The van der Waals surface area contributed by atoms with E-state index in [-0.39, 0.29) is 12.3 Å². The molecule has 0 aliphatic carbocycles. The van der Waals surface area contributed by atoms with Gasteiger partial charge in [-0.25, -0.2) is 0 Å². The van der Waals surface area contributed by atoms with Crippen LogP contribution in [0, 0.1) is 0 Å². The molecule has 0 saturated carbocycles. The van der Waals surface area contributed by atoms with E-state index in [4.69, 9.17) is 5.11 Å². The zero-order valence-corrected chi connectivity index (χ0v) is 9.45. The quantitative estimate of drug-likeness (QED) is 0.573. The summed E-state index contributed by atoms with van der Waals surface area (Å²) in [5, 5.41) is 11.2. The number of aliphatic carboxylic acids is 1. The van der Waals surface area contributed by atoms with Gasteiger partial charge in [-0.05, 0) is 19.5 Å². The molecular weight excluding hydrogens is 196 g/mol. The number of nitrogens with zero attached hydrogens (tertiary/aromatic N) is 1. The minimum Gasteiger partial charge on any atom is -0.481 e. The number of amides is 1. The molecule has 5 nitrogen and oxygen atoms in total. The van der Waals surface area contributed by atoms with Crippen molar-refractivity contribution in [2.24, 2.45) is 0 Å². The second-order valence-corrected chi connectivity index (χ2v) is 3.41. The van der Waals surface area contributed by atoms with E-state index in [1.807, 2.05) is 6.92 Å². The van der Waals surface area contributed by atoms with E-state index in [9.17, 15) is 9.59 Å². The van der Waals surface area contributed by atoms with Gasteiger partial charge >= 0.3 is 5.97 Å². The lowest BCUT2D eigenvalue weighted by Gasteiger charge is -2.19. The normalized spacial score (nSPS) is 10.3. The van der Waals surface area contributed by atoms with Crippen molar-refractivity contribution in [2.75, 3.05) is 26.2 Å².